The average Bonchev–Trinajstić information content (AvgIpc) is 2.96. The first kappa shape index (κ1) is 19.8. The quantitative estimate of drug-likeness (QED) is 0.751. The molecule has 4 rings (SSSR count). The summed E-state index contributed by atoms with van der Waals surface area (Å²) in [5.41, 5.74) is 0.894. The van der Waals surface area contributed by atoms with Crippen LogP contribution < -0.4 is 0 Å². The van der Waals surface area contributed by atoms with Gasteiger partial charge in [0, 0.05) is 19.3 Å². The van der Waals surface area contributed by atoms with Crippen molar-refractivity contribution in [2.75, 3.05) is 6.61 Å². The minimum Gasteiger partial charge on any atom is -0.458 e. The number of allylic oxidation sites excluding steroid dienone is 1. The van der Waals surface area contributed by atoms with Gasteiger partial charge < -0.3 is 9.84 Å². The van der Waals surface area contributed by atoms with Crippen LogP contribution in [0.5, 0.6) is 0 Å². The molecular weight excluding hydrogens is 356 g/mol. The molecule has 3 saturated carbocycles. The maximum absolute atomic E-state index is 12.8. The van der Waals surface area contributed by atoms with Crippen molar-refractivity contribution in [1.29, 1.82) is 0 Å². The molecule has 0 aliphatic heterocycles. The lowest BCUT2D eigenvalue weighted by Gasteiger charge is -2.59. The fourth-order valence-electron chi connectivity index (χ4n) is 7.49. The Balaban J connectivity index is 1.61. The Morgan fingerprint density at radius 1 is 1.21 bits per heavy atom. The number of hydrogen-bond donors (Lipinski definition) is 1. The molecule has 0 amide bonds. The van der Waals surface area contributed by atoms with Crippen LogP contribution in [0.1, 0.15) is 65.7 Å². The lowest BCUT2D eigenvalue weighted by Crippen LogP contribution is -2.57. The van der Waals surface area contributed by atoms with E-state index < -0.39 is 12.1 Å². The molecule has 0 heterocycles. The maximum Gasteiger partial charge on any atom is 0.303 e. The van der Waals surface area contributed by atoms with E-state index in [0.29, 0.717) is 24.7 Å². The SMILES string of the molecule is CC(=O)OCC(=O)[C@@H]1CC[C@@H]2[C@@H]3CCC4=CC(=O)CC[C@]4(C)[C@@H]3[C@@H](O)C[C@@]21C. The van der Waals surface area contributed by atoms with Crippen LogP contribution in [0.25, 0.3) is 0 Å². The minimum atomic E-state index is -0.463. The Morgan fingerprint density at radius 2 is 1.96 bits per heavy atom. The van der Waals surface area contributed by atoms with Gasteiger partial charge in [-0.1, -0.05) is 19.4 Å². The molecule has 154 valence electrons. The molecule has 0 radical (unpaired) electrons. The number of ether oxygens (including phenoxy) is 1. The summed E-state index contributed by atoms with van der Waals surface area (Å²) >= 11 is 0. The van der Waals surface area contributed by atoms with E-state index in [0.717, 1.165) is 32.1 Å². The van der Waals surface area contributed by atoms with E-state index in [1.54, 1.807) is 0 Å². The summed E-state index contributed by atoms with van der Waals surface area (Å²) in [5.74, 6) is 0.600. The highest BCUT2D eigenvalue weighted by molar-refractivity contribution is 5.91. The number of Topliss-reactive ketones (excluding diaryl/α,β-unsaturated/α-hetero) is 1. The zero-order chi connectivity index (χ0) is 20.3. The molecule has 4 aliphatic rings. The molecule has 0 bridgehead atoms. The van der Waals surface area contributed by atoms with Crippen LogP contribution in [0.15, 0.2) is 11.6 Å². The van der Waals surface area contributed by atoms with Gasteiger partial charge in [-0.15, -0.1) is 0 Å². The summed E-state index contributed by atoms with van der Waals surface area (Å²) in [5, 5.41) is 11.3. The largest absolute Gasteiger partial charge is 0.458 e. The third-order valence-electron chi connectivity index (χ3n) is 8.70. The third-order valence-corrected chi connectivity index (χ3v) is 8.70. The lowest BCUT2D eigenvalue weighted by molar-refractivity contribution is -0.154. The van der Waals surface area contributed by atoms with Crippen molar-refractivity contribution in [1.82, 2.24) is 0 Å². The number of ketones is 2. The van der Waals surface area contributed by atoms with E-state index in [4.69, 9.17) is 4.74 Å². The molecular formula is C23H32O5. The standard InChI is InChI=1S/C23H32O5/c1-13(24)28-12-20(27)18-7-6-17-16-5-4-14-10-15(25)8-9-22(14,2)21(16)19(26)11-23(17,18)3/h10,16-19,21,26H,4-9,11-12H2,1-3H3/t16-,17+,18-,19-,21-,22-,23-/m0/s1. The smallest absolute Gasteiger partial charge is 0.303 e. The Kier molecular flexibility index (Phi) is 4.80. The Morgan fingerprint density at radius 3 is 2.68 bits per heavy atom. The summed E-state index contributed by atoms with van der Waals surface area (Å²) < 4.78 is 4.98. The molecule has 7 atom stereocenters. The number of esters is 1. The molecule has 0 aromatic carbocycles. The van der Waals surface area contributed by atoms with Crippen molar-refractivity contribution in [2.24, 2.45) is 34.5 Å². The fraction of sp³-hybridized carbons (Fsp3) is 0.783. The number of aliphatic hydroxyl groups is 1. The van der Waals surface area contributed by atoms with Crippen molar-refractivity contribution in [3.8, 4) is 0 Å². The van der Waals surface area contributed by atoms with Crippen LogP contribution in [0.2, 0.25) is 0 Å². The highest BCUT2D eigenvalue weighted by Crippen LogP contribution is 2.66. The second-order valence-electron chi connectivity index (χ2n) is 10.0. The fourth-order valence-corrected chi connectivity index (χ4v) is 7.49. The van der Waals surface area contributed by atoms with Gasteiger partial charge in [0.15, 0.2) is 11.6 Å². The second kappa shape index (κ2) is 6.79. The van der Waals surface area contributed by atoms with Gasteiger partial charge in [-0.2, -0.15) is 0 Å². The van der Waals surface area contributed by atoms with Crippen molar-refractivity contribution in [3.05, 3.63) is 11.6 Å². The van der Waals surface area contributed by atoms with Crippen LogP contribution in [0, 0.1) is 34.5 Å². The Bertz CT molecular complexity index is 739. The Hall–Kier alpha value is -1.49. The molecule has 4 aliphatic carbocycles. The van der Waals surface area contributed by atoms with E-state index in [1.165, 1.54) is 12.5 Å². The summed E-state index contributed by atoms with van der Waals surface area (Å²) in [6.45, 7) is 5.58. The van der Waals surface area contributed by atoms with Crippen LogP contribution in [-0.2, 0) is 19.1 Å². The topological polar surface area (TPSA) is 80.7 Å². The van der Waals surface area contributed by atoms with Gasteiger partial charge >= 0.3 is 5.97 Å². The molecule has 0 aromatic rings. The maximum atomic E-state index is 12.8. The number of carbonyl (C=O) groups excluding carboxylic acids is 3. The Labute approximate surface area is 166 Å². The molecule has 5 nitrogen and oxygen atoms in total. The van der Waals surface area contributed by atoms with E-state index in [1.807, 2.05) is 6.08 Å². The van der Waals surface area contributed by atoms with Gasteiger partial charge in [-0.25, -0.2) is 0 Å². The van der Waals surface area contributed by atoms with E-state index >= 15 is 0 Å². The zero-order valence-electron chi connectivity index (χ0n) is 17.2. The summed E-state index contributed by atoms with van der Waals surface area (Å²) in [4.78, 5) is 35.9. The van der Waals surface area contributed by atoms with Gasteiger partial charge in [0.25, 0.3) is 0 Å². The van der Waals surface area contributed by atoms with Crippen LogP contribution in [0.3, 0.4) is 0 Å². The average molecular weight is 389 g/mol. The minimum absolute atomic E-state index is 0.00304. The normalized spacial score (nSPS) is 44.8. The van der Waals surface area contributed by atoms with Gasteiger partial charge in [-0.05, 0) is 73.2 Å². The van der Waals surface area contributed by atoms with Crippen molar-refractivity contribution in [2.45, 2.75) is 71.8 Å². The van der Waals surface area contributed by atoms with Gasteiger partial charge in [0.2, 0.25) is 0 Å². The third kappa shape index (κ3) is 2.89. The first-order valence-electron chi connectivity index (χ1n) is 10.7. The van der Waals surface area contributed by atoms with Gasteiger partial charge in [0.1, 0.15) is 6.61 Å². The first-order chi connectivity index (χ1) is 13.2. The van der Waals surface area contributed by atoms with Gasteiger partial charge in [-0.3, -0.25) is 14.4 Å². The van der Waals surface area contributed by atoms with Crippen LogP contribution in [0.4, 0.5) is 0 Å². The van der Waals surface area contributed by atoms with Crippen LogP contribution in [-0.4, -0.2) is 35.4 Å². The van der Waals surface area contributed by atoms with E-state index in [9.17, 15) is 19.5 Å². The van der Waals surface area contributed by atoms with Gasteiger partial charge in [0.05, 0.1) is 6.10 Å². The summed E-state index contributed by atoms with van der Waals surface area (Å²) in [6.07, 6.45) is 7.12. The molecule has 3 fully saturated rings. The zero-order valence-corrected chi connectivity index (χ0v) is 17.2. The molecule has 0 aromatic heterocycles. The molecule has 28 heavy (non-hydrogen) atoms. The number of hydrogen-bond acceptors (Lipinski definition) is 5. The van der Waals surface area contributed by atoms with Crippen molar-refractivity contribution < 1.29 is 24.2 Å². The molecule has 0 spiro atoms. The molecule has 5 heteroatoms. The number of fused-ring (bicyclic) bond motifs is 5. The first-order valence-corrected chi connectivity index (χ1v) is 10.7. The van der Waals surface area contributed by atoms with Crippen molar-refractivity contribution >= 4 is 17.5 Å². The van der Waals surface area contributed by atoms with E-state index in [-0.39, 0.29) is 40.8 Å². The monoisotopic (exact) mass is 388 g/mol. The molecule has 1 N–H and O–H groups in total. The highest BCUT2D eigenvalue weighted by atomic mass is 16.5. The lowest BCUT2D eigenvalue weighted by atomic mass is 9.46. The number of aliphatic hydroxyl groups excluding tert-OH is 1. The second-order valence-corrected chi connectivity index (χ2v) is 10.0. The molecule has 0 saturated heterocycles. The predicted molar refractivity (Wildman–Crippen MR) is 103 cm³/mol. The van der Waals surface area contributed by atoms with Crippen molar-refractivity contribution in [3.63, 3.8) is 0 Å². The number of carbonyl (C=O) groups is 3. The molecule has 0 unspecified atom stereocenters. The van der Waals surface area contributed by atoms with Crippen LogP contribution >= 0.6 is 0 Å². The van der Waals surface area contributed by atoms with E-state index in [2.05, 4.69) is 13.8 Å². The summed E-state index contributed by atoms with van der Waals surface area (Å²) in [6, 6.07) is 0. The summed E-state index contributed by atoms with van der Waals surface area (Å²) in [7, 11) is 0. The predicted octanol–water partition coefficient (Wildman–Crippen LogP) is 3.24. The highest BCUT2D eigenvalue weighted by Gasteiger charge is 2.62. The number of rotatable bonds is 3.